The molecule has 30 heavy (non-hydrogen) atoms. The Kier molecular flexibility index (Phi) is 4.90. The number of likely N-dealkylation sites (tertiary alicyclic amines) is 1. The molecule has 2 atom stereocenters. The predicted molar refractivity (Wildman–Crippen MR) is 111 cm³/mol. The molecule has 6 nitrogen and oxygen atoms in total. The van der Waals surface area contributed by atoms with Crippen molar-refractivity contribution in [1.82, 2.24) is 14.9 Å². The van der Waals surface area contributed by atoms with E-state index in [0.29, 0.717) is 43.6 Å². The highest BCUT2D eigenvalue weighted by Crippen LogP contribution is 2.32. The SMILES string of the molecule is Cc1cc(O[C@@H]2C[C@H](C)N(Cc3nc4c(cc3F)OCCO4)C2)c2ccccc2n1. The Morgan fingerprint density at radius 3 is 2.90 bits per heavy atom. The van der Waals surface area contributed by atoms with Gasteiger partial charge in [0, 0.05) is 48.8 Å². The van der Waals surface area contributed by atoms with Gasteiger partial charge in [-0.05, 0) is 26.0 Å². The summed E-state index contributed by atoms with van der Waals surface area (Å²) in [4.78, 5) is 11.1. The van der Waals surface area contributed by atoms with E-state index >= 15 is 0 Å². The molecule has 2 aliphatic heterocycles. The minimum Gasteiger partial charge on any atom is -0.488 e. The zero-order valence-corrected chi connectivity index (χ0v) is 17.1. The molecule has 0 N–H and O–H groups in total. The number of hydrogen-bond acceptors (Lipinski definition) is 6. The van der Waals surface area contributed by atoms with Crippen LogP contribution in [0.2, 0.25) is 0 Å². The Balaban J connectivity index is 1.33. The Bertz CT molecular complexity index is 1090. The highest BCUT2D eigenvalue weighted by atomic mass is 19.1. The summed E-state index contributed by atoms with van der Waals surface area (Å²) >= 11 is 0. The van der Waals surface area contributed by atoms with E-state index in [1.807, 2.05) is 37.3 Å². The van der Waals surface area contributed by atoms with Gasteiger partial charge in [0.25, 0.3) is 5.88 Å². The number of para-hydroxylation sites is 1. The number of aryl methyl sites for hydroxylation is 1. The number of rotatable bonds is 4. The van der Waals surface area contributed by atoms with Crippen LogP contribution >= 0.6 is 0 Å². The Hall–Kier alpha value is -2.93. The van der Waals surface area contributed by atoms with Gasteiger partial charge in [0.15, 0.2) is 5.75 Å². The molecular weight excluding hydrogens is 385 g/mol. The quantitative estimate of drug-likeness (QED) is 0.652. The van der Waals surface area contributed by atoms with Crippen LogP contribution in [0.25, 0.3) is 10.9 Å². The predicted octanol–water partition coefficient (Wildman–Crippen LogP) is 3.89. The molecule has 2 aromatic heterocycles. The molecule has 0 unspecified atom stereocenters. The second-order valence-corrected chi connectivity index (χ2v) is 7.95. The van der Waals surface area contributed by atoms with Gasteiger partial charge < -0.3 is 14.2 Å². The molecule has 0 amide bonds. The van der Waals surface area contributed by atoms with Gasteiger partial charge in [-0.1, -0.05) is 12.1 Å². The molecule has 2 aliphatic rings. The third-order valence-electron chi connectivity index (χ3n) is 5.68. The van der Waals surface area contributed by atoms with Crippen LogP contribution in [0, 0.1) is 12.7 Å². The standard InChI is InChI=1S/C23H24FN3O3/c1-14-9-21(17-5-3-4-6-19(17)25-14)30-16-10-15(2)27(12-16)13-20-18(24)11-22-23(26-20)29-8-7-28-22/h3-6,9,11,15-16H,7-8,10,12-13H2,1-2H3/t15-,16+/m0/s1. The number of halogens is 1. The lowest BCUT2D eigenvalue weighted by Gasteiger charge is -2.22. The van der Waals surface area contributed by atoms with Gasteiger partial charge in [0.05, 0.1) is 11.2 Å². The number of nitrogens with zero attached hydrogens (tertiary/aromatic N) is 3. The Morgan fingerprint density at radius 2 is 2.00 bits per heavy atom. The summed E-state index contributed by atoms with van der Waals surface area (Å²) < 4.78 is 31.9. The maximum absolute atomic E-state index is 14.6. The van der Waals surface area contributed by atoms with Gasteiger partial charge in [-0.3, -0.25) is 9.88 Å². The average molecular weight is 409 g/mol. The second kappa shape index (κ2) is 7.72. The number of fused-ring (bicyclic) bond motifs is 2. The molecule has 4 heterocycles. The summed E-state index contributed by atoms with van der Waals surface area (Å²) in [6.07, 6.45) is 0.882. The molecule has 0 spiro atoms. The Morgan fingerprint density at radius 1 is 1.17 bits per heavy atom. The van der Waals surface area contributed by atoms with E-state index < -0.39 is 0 Å². The molecule has 0 radical (unpaired) electrons. The van der Waals surface area contributed by atoms with Gasteiger partial charge in [0.1, 0.15) is 30.9 Å². The first-order valence-electron chi connectivity index (χ1n) is 10.3. The molecule has 156 valence electrons. The van der Waals surface area contributed by atoms with Gasteiger partial charge in [-0.2, -0.15) is 0 Å². The summed E-state index contributed by atoms with van der Waals surface area (Å²) in [5.74, 6) is 1.22. The molecular formula is C23H24FN3O3. The van der Waals surface area contributed by atoms with Crippen molar-refractivity contribution in [3.8, 4) is 17.4 Å². The largest absolute Gasteiger partial charge is 0.488 e. The topological polar surface area (TPSA) is 56.7 Å². The fourth-order valence-corrected chi connectivity index (χ4v) is 4.19. The molecule has 0 saturated carbocycles. The van der Waals surface area contributed by atoms with Crippen molar-refractivity contribution in [2.45, 2.75) is 39.0 Å². The molecule has 1 aromatic carbocycles. The van der Waals surface area contributed by atoms with E-state index in [2.05, 4.69) is 21.8 Å². The summed E-state index contributed by atoms with van der Waals surface area (Å²) in [6, 6.07) is 11.6. The smallest absolute Gasteiger partial charge is 0.257 e. The first-order chi connectivity index (χ1) is 14.6. The lowest BCUT2D eigenvalue weighted by atomic mass is 10.1. The zero-order chi connectivity index (χ0) is 20.7. The molecule has 1 fully saturated rings. The minimum absolute atomic E-state index is 0.0190. The van der Waals surface area contributed by atoms with E-state index in [1.54, 1.807) is 0 Å². The monoisotopic (exact) mass is 409 g/mol. The van der Waals surface area contributed by atoms with Gasteiger partial charge in [0.2, 0.25) is 0 Å². The fourth-order valence-electron chi connectivity index (χ4n) is 4.19. The zero-order valence-electron chi connectivity index (χ0n) is 17.1. The van der Waals surface area contributed by atoms with Crippen LogP contribution in [-0.2, 0) is 6.54 Å². The molecule has 7 heteroatoms. The van der Waals surface area contributed by atoms with E-state index in [4.69, 9.17) is 14.2 Å². The van der Waals surface area contributed by atoms with E-state index in [1.165, 1.54) is 6.07 Å². The number of aromatic nitrogens is 2. The first kappa shape index (κ1) is 19.1. The molecule has 0 aliphatic carbocycles. The maximum atomic E-state index is 14.6. The van der Waals surface area contributed by atoms with Crippen LogP contribution in [0.5, 0.6) is 17.4 Å². The van der Waals surface area contributed by atoms with Crippen molar-refractivity contribution in [3.63, 3.8) is 0 Å². The van der Waals surface area contributed by atoms with Crippen molar-refractivity contribution in [2.75, 3.05) is 19.8 Å². The number of ether oxygens (including phenoxy) is 3. The van der Waals surface area contributed by atoms with Gasteiger partial charge in [-0.25, -0.2) is 9.37 Å². The number of pyridine rings is 2. The second-order valence-electron chi connectivity index (χ2n) is 7.95. The van der Waals surface area contributed by atoms with Crippen molar-refractivity contribution in [2.24, 2.45) is 0 Å². The third kappa shape index (κ3) is 3.65. The average Bonchev–Trinajstić information content (AvgIpc) is 3.07. The summed E-state index contributed by atoms with van der Waals surface area (Å²) in [5, 5.41) is 1.01. The van der Waals surface area contributed by atoms with Crippen molar-refractivity contribution >= 4 is 10.9 Å². The number of benzene rings is 1. The van der Waals surface area contributed by atoms with E-state index in [-0.39, 0.29) is 18.0 Å². The first-order valence-corrected chi connectivity index (χ1v) is 10.3. The fraction of sp³-hybridized carbons (Fsp3) is 0.391. The maximum Gasteiger partial charge on any atom is 0.257 e. The van der Waals surface area contributed by atoms with Crippen LogP contribution in [-0.4, -0.2) is 46.8 Å². The summed E-state index contributed by atoms with van der Waals surface area (Å²) in [6.45, 7) is 6.06. The lowest BCUT2D eigenvalue weighted by molar-refractivity contribution is 0.160. The molecule has 3 aromatic rings. The van der Waals surface area contributed by atoms with E-state index in [0.717, 1.165) is 28.8 Å². The van der Waals surface area contributed by atoms with Crippen molar-refractivity contribution < 1.29 is 18.6 Å². The third-order valence-corrected chi connectivity index (χ3v) is 5.68. The highest BCUT2D eigenvalue weighted by molar-refractivity contribution is 5.85. The van der Waals surface area contributed by atoms with E-state index in [9.17, 15) is 4.39 Å². The Labute approximate surface area is 174 Å². The van der Waals surface area contributed by atoms with Gasteiger partial charge in [-0.15, -0.1) is 0 Å². The molecule has 1 saturated heterocycles. The van der Waals surface area contributed by atoms with Gasteiger partial charge >= 0.3 is 0 Å². The van der Waals surface area contributed by atoms with Crippen LogP contribution in [0.4, 0.5) is 4.39 Å². The summed E-state index contributed by atoms with van der Waals surface area (Å²) in [7, 11) is 0. The van der Waals surface area contributed by atoms with Crippen LogP contribution in [0.15, 0.2) is 36.4 Å². The molecule has 0 bridgehead atoms. The number of hydrogen-bond donors (Lipinski definition) is 0. The van der Waals surface area contributed by atoms with Crippen molar-refractivity contribution in [1.29, 1.82) is 0 Å². The van der Waals surface area contributed by atoms with Crippen molar-refractivity contribution in [3.05, 3.63) is 53.6 Å². The normalized spacial score (nSPS) is 21.2. The van der Waals surface area contributed by atoms with Crippen LogP contribution in [0.3, 0.4) is 0 Å². The van der Waals surface area contributed by atoms with Crippen LogP contribution in [0.1, 0.15) is 24.7 Å². The molecule has 5 rings (SSSR count). The summed E-state index contributed by atoms with van der Waals surface area (Å²) in [5.41, 5.74) is 2.23. The van der Waals surface area contributed by atoms with Crippen LogP contribution < -0.4 is 14.2 Å². The lowest BCUT2D eigenvalue weighted by Crippen LogP contribution is -2.29. The minimum atomic E-state index is -0.369. The highest BCUT2D eigenvalue weighted by Gasteiger charge is 2.32.